The van der Waals surface area contributed by atoms with Crippen LogP contribution < -0.4 is 4.90 Å². The molecular weight excluding hydrogens is 482 g/mol. The first-order valence-electron chi connectivity index (χ1n) is 13.0. The summed E-state index contributed by atoms with van der Waals surface area (Å²) in [6.45, 7) is 3.75. The van der Waals surface area contributed by atoms with Crippen molar-refractivity contribution in [2.75, 3.05) is 4.90 Å². The quantitative estimate of drug-likeness (QED) is 0.371. The van der Waals surface area contributed by atoms with Crippen LogP contribution in [-0.2, 0) is 6.73 Å². The van der Waals surface area contributed by atoms with Crippen molar-refractivity contribution in [1.29, 1.82) is 5.26 Å². The van der Waals surface area contributed by atoms with E-state index in [4.69, 9.17) is 5.10 Å². The molecule has 1 saturated carbocycles. The number of aliphatic hydroxyl groups excluding tert-OH is 1. The Balaban J connectivity index is 0.00000144. The number of anilines is 1. The van der Waals surface area contributed by atoms with Gasteiger partial charge in [0, 0.05) is 17.8 Å². The van der Waals surface area contributed by atoms with Crippen molar-refractivity contribution < 1.29 is 14.7 Å². The number of carbonyl (C=O) groups excluding carboxylic acids is 2. The molecule has 1 fully saturated rings. The molecule has 2 amide bonds. The molecule has 38 heavy (non-hydrogen) atoms. The topological polar surface area (TPSA) is 130 Å². The zero-order chi connectivity index (χ0) is 26.8. The van der Waals surface area contributed by atoms with Gasteiger partial charge in [-0.2, -0.15) is 10.4 Å². The molecule has 194 valence electrons. The molecule has 6 rings (SSSR count). The summed E-state index contributed by atoms with van der Waals surface area (Å²) in [5.74, 6) is -0.428. The number of nitrogens with zero attached hydrogens (tertiary/aromatic N) is 7. The maximum Gasteiger partial charge on any atom is 0.267 e. The normalized spacial score (nSPS) is 15.9. The van der Waals surface area contributed by atoms with E-state index in [0.717, 1.165) is 30.6 Å². The van der Waals surface area contributed by atoms with E-state index < -0.39 is 11.8 Å². The Kier molecular flexibility index (Phi) is 7.03. The summed E-state index contributed by atoms with van der Waals surface area (Å²) in [5, 5.41) is 24.7. The number of nitriles is 1. The van der Waals surface area contributed by atoms with Gasteiger partial charge in [-0.1, -0.05) is 38.8 Å². The van der Waals surface area contributed by atoms with E-state index in [0.29, 0.717) is 33.4 Å². The smallest absolute Gasteiger partial charge is 0.267 e. The van der Waals surface area contributed by atoms with Crippen molar-refractivity contribution in [2.45, 2.75) is 58.7 Å². The molecule has 4 aromatic rings. The van der Waals surface area contributed by atoms with Gasteiger partial charge in [0.2, 0.25) is 0 Å². The summed E-state index contributed by atoms with van der Waals surface area (Å²) in [6, 6.07) is 10.6. The summed E-state index contributed by atoms with van der Waals surface area (Å²) in [6.07, 6.45) is 9.36. The lowest BCUT2D eigenvalue weighted by atomic mass is 9.96. The van der Waals surface area contributed by atoms with Crippen molar-refractivity contribution in [2.24, 2.45) is 5.92 Å². The number of carbonyl (C=O) groups is 2. The van der Waals surface area contributed by atoms with Crippen molar-refractivity contribution >= 4 is 28.7 Å². The van der Waals surface area contributed by atoms with Crippen molar-refractivity contribution in [3.8, 4) is 17.3 Å². The average molecular weight is 512 g/mol. The molecule has 10 nitrogen and oxygen atoms in total. The molecule has 1 N–H and O–H groups in total. The van der Waals surface area contributed by atoms with E-state index in [1.54, 1.807) is 52.0 Å². The van der Waals surface area contributed by atoms with Crippen LogP contribution in [0, 0.1) is 17.2 Å². The van der Waals surface area contributed by atoms with Gasteiger partial charge < -0.3 is 9.67 Å². The largest absolute Gasteiger partial charge is 0.376 e. The highest BCUT2D eigenvalue weighted by molar-refractivity contribution is 6.35. The molecular formula is C28H29N7O3. The second kappa shape index (κ2) is 10.6. The third kappa shape index (κ3) is 4.05. The van der Waals surface area contributed by atoms with E-state index in [2.05, 4.69) is 16.0 Å². The van der Waals surface area contributed by atoms with E-state index in [1.807, 2.05) is 13.8 Å². The number of aliphatic hydroxyl groups is 1. The van der Waals surface area contributed by atoms with E-state index in [-0.39, 0.29) is 30.9 Å². The van der Waals surface area contributed by atoms with Gasteiger partial charge in [-0.3, -0.25) is 14.3 Å². The number of aromatic nitrogens is 5. The van der Waals surface area contributed by atoms with Crippen LogP contribution in [0.2, 0.25) is 0 Å². The summed E-state index contributed by atoms with van der Waals surface area (Å²) in [4.78, 5) is 36.7. The molecule has 1 atom stereocenters. The maximum absolute atomic E-state index is 13.4. The molecule has 0 radical (unpaired) electrons. The number of hydrogen-bond donors (Lipinski definition) is 1. The predicted molar refractivity (Wildman–Crippen MR) is 141 cm³/mol. The van der Waals surface area contributed by atoms with Crippen LogP contribution >= 0.6 is 0 Å². The third-order valence-corrected chi connectivity index (χ3v) is 7.27. The molecule has 3 aromatic heterocycles. The minimum atomic E-state index is -0.446. The summed E-state index contributed by atoms with van der Waals surface area (Å²) in [7, 11) is 0. The monoisotopic (exact) mass is 511 g/mol. The molecule has 2 aliphatic rings. The van der Waals surface area contributed by atoms with Gasteiger partial charge in [0.1, 0.15) is 18.7 Å². The highest BCUT2D eigenvalue weighted by Gasteiger charge is 2.40. The molecule has 1 aromatic carbocycles. The second-order valence-electron chi connectivity index (χ2n) is 9.20. The van der Waals surface area contributed by atoms with E-state index in [9.17, 15) is 20.0 Å². The maximum atomic E-state index is 13.4. The van der Waals surface area contributed by atoms with Gasteiger partial charge >= 0.3 is 0 Å². The van der Waals surface area contributed by atoms with Crippen LogP contribution in [0.25, 0.3) is 22.3 Å². The van der Waals surface area contributed by atoms with Gasteiger partial charge in [-0.15, -0.1) is 0 Å². The molecule has 10 heteroatoms. The lowest BCUT2D eigenvalue weighted by molar-refractivity contribution is 0.0924. The molecule has 0 saturated heterocycles. The molecule has 1 aliphatic heterocycles. The van der Waals surface area contributed by atoms with Crippen LogP contribution in [0.15, 0.2) is 49.1 Å². The van der Waals surface area contributed by atoms with Gasteiger partial charge in [-0.05, 0) is 37.0 Å². The minimum Gasteiger partial charge on any atom is -0.376 e. The lowest BCUT2D eigenvalue weighted by Crippen LogP contribution is -2.30. The van der Waals surface area contributed by atoms with Gasteiger partial charge in [-0.25, -0.2) is 14.9 Å². The Hall–Kier alpha value is -4.36. The van der Waals surface area contributed by atoms with Crippen LogP contribution in [0.3, 0.4) is 0 Å². The number of amides is 2. The Morgan fingerprint density at radius 2 is 1.74 bits per heavy atom. The number of imide groups is 1. The first kappa shape index (κ1) is 25.3. The highest BCUT2D eigenvalue weighted by Crippen LogP contribution is 2.41. The second-order valence-corrected chi connectivity index (χ2v) is 9.20. The van der Waals surface area contributed by atoms with Gasteiger partial charge in [0.15, 0.2) is 5.82 Å². The summed E-state index contributed by atoms with van der Waals surface area (Å²) in [5.41, 5.74) is 2.16. The Bertz CT molecular complexity index is 1510. The third-order valence-electron chi connectivity index (χ3n) is 7.27. The predicted octanol–water partition coefficient (Wildman–Crippen LogP) is 4.72. The summed E-state index contributed by atoms with van der Waals surface area (Å²) >= 11 is 0. The van der Waals surface area contributed by atoms with Crippen molar-refractivity contribution in [3.05, 3.63) is 60.2 Å². The molecule has 0 spiro atoms. The number of rotatable bonds is 6. The Morgan fingerprint density at radius 3 is 2.37 bits per heavy atom. The molecule has 0 bridgehead atoms. The minimum absolute atomic E-state index is 0.180. The van der Waals surface area contributed by atoms with Crippen LogP contribution in [0.1, 0.15) is 72.7 Å². The lowest BCUT2D eigenvalue weighted by Gasteiger charge is -2.21. The zero-order valence-corrected chi connectivity index (χ0v) is 21.4. The van der Waals surface area contributed by atoms with Crippen molar-refractivity contribution in [1.82, 2.24) is 24.3 Å². The van der Waals surface area contributed by atoms with E-state index in [1.165, 1.54) is 6.33 Å². The van der Waals surface area contributed by atoms with Crippen molar-refractivity contribution in [3.63, 3.8) is 0 Å². The fourth-order valence-corrected chi connectivity index (χ4v) is 5.51. The van der Waals surface area contributed by atoms with Crippen LogP contribution in [-0.4, -0.2) is 41.2 Å². The number of benzene rings is 1. The van der Waals surface area contributed by atoms with Gasteiger partial charge in [0.05, 0.1) is 40.9 Å². The molecule has 1 aliphatic carbocycles. The van der Waals surface area contributed by atoms with Gasteiger partial charge in [0.25, 0.3) is 11.8 Å². The fraction of sp³-hybridized carbons (Fsp3) is 0.357. The standard InChI is InChI=1S/C26H23N7O3.C2H6/c27-11-9-21(16-5-1-2-6-16)32-13-20(22-19-10-12-31(15-34)23(19)29-14-28-22)24(30-32)33-25(35)17-7-3-4-8-18(17)26(33)36;1-2/h3-4,7-8,10,12-14,16,21,34H,1-2,5-6,9,15H2;1-2H3. The molecule has 4 heterocycles. The number of hydrogen-bond acceptors (Lipinski definition) is 7. The first-order valence-corrected chi connectivity index (χ1v) is 13.0. The van der Waals surface area contributed by atoms with Crippen LogP contribution in [0.4, 0.5) is 5.82 Å². The summed E-state index contributed by atoms with van der Waals surface area (Å²) < 4.78 is 3.31. The average Bonchev–Trinajstić information content (AvgIpc) is 3.75. The SMILES string of the molecule is CC.N#CCC(C1CCCC1)n1cc(-c2ncnc3c2ccn3CO)c(N2C(=O)c3ccccc3C2=O)n1. The fourth-order valence-electron chi connectivity index (χ4n) is 5.51. The number of fused-ring (bicyclic) bond motifs is 2. The molecule has 1 unspecified atom stereocenters. The highest BCUT2D eigenvalue weighted by atomic mass is 16.3. The van der Waals surface area contributed by atoms with E-state index >= 15 is 0 Å². The Labute approximate surface area is 220 Å². The Morgan fingerprint density at radius 1 is 1.05 bits per heavy atom. The first-order chi connectivity index (χ1) is 18.6. The zero-order valence-electron chi connectivity index (χ0n) is 21.4. The van der Waals surface area contributed by atoms with Crippen LogP contribution in [0.5, 0.6) is 0 Å².